The van der Waals surface area contributed by atoms with Crippen LogP contribution in [0.5, 0.6) is 0 Å². The molecule has 0 saturated carbocycles. The number of aliphatic imine (C=N–C) groups is 1. The van der Waals surface area contributed by atoms with Gasteiger partial charge in [-0.2, -0.15) is 4.99 Å². The molecule has 10 heteroatoms. The van der Waals surface area contributed by atoms with Crippen molar-refractivity contribution >= 4 is 32.1 Å². The lowest BCUT2D eigenvalue weighted by Gasteiger charge is -2.51. The molecule has 4 atom stereocenters. The van der Waals surface area contributed by atoms with E-state index in [1.54, 1.807) is 11.8 Å². The molecular formula is C27H41N3O6Si. The third-order valence-electron chi connectivity index (χ3n) is 8.02. The van der Waals surface area contributed by atoms with Crippen LogP contribution < -0.4 is 0 Å². The molecule has 37 heavy (non-hydrogen) atoms. The molecule has 2 amide bonds. The Hall–Kier alpha value is -2.72. The van der Waals surface area contributed by atoms with Gasteiger partial charge in [0.1, 0.15) is 24.7 Å². The molecule has 3 heterocycles. The Morgan fingerprint density at radius 3 is 2.41 bits per heavy atom. The normalized spacial score (nSPS) is 24.7. The van der Waals surface area contributed by atoms with Crippen LogP contribution in [0.1, 0.15) is 41.0 Å². The summed E-state index contributed by atoms with van der Waals surface area (Å²) in [6, 6.07) is -0.148. The molecule has 3 aliphatic heterocycles. The highest BCUT2D eigenvalue weighted by atomic mass is 28.4. The highest BCUT2D eigenvalue weighted by Crippen LogP contribution is 2.51. The molecule has 0 aliphatic carbocycles. The molecule has 2 saturated heterocycles. The number of carbonyl (C=O) groups is 3. The van der Waals surface area contributed by atoms with Gasteiger partial charge in [-0.05, 0) is 44.0 Å². The first kappa shape index (κ1) is 28.8. The highest BCUT2D eigenvalue weighted by Gasteiger charge is 2.62. The van der Waals surface area contributed by atoms with Crippen molar-refractivity contribution in [2.24, 2.45) is 16.8 Å². The lowest BCUT2D eigenvalue weighted by Crippen LogP contribution is -2.65. The third-order valence-corrected chi connectivity index (χ3v) is 12.6. The minimum Gasteiger partial charge on any atom is -0.457 e. The Balaban J connectivity index is 1.88. The van der Waals surface area contributed by atoms with Crippen LogP contribution in [0, 0.1) is 11.8 Å². The van der Waals surface area contributed by atoms with Gasteiger partial charge in [-0.25, -0.2) is 9.59 Å². The number of hydrogen-bond acceptors (Lipinski definition) is 6. The lowest BCUT2D eigenvalue weighted by atomic mass is 9.74. The van der Waals surface area contributed by atoms with Crippen molar-refractivity contribution in [1.29, 1.82) is 0 Å². The van der Waals surface area contributed by atoms with E-state index in [4.69, 9.17) is 13.9 Å². The first-order chi connectivity index (χ1) is 17.2. The molecule has 0 aromatic heterocycles. The van der Waals surface area contributed by atoms with Gasteiger partial charge in [-0.15, -0.1) is 0 Å². The van der Waals surface area contributed by atoms with Crippen LogP contribution in [0.2, 0.25) is 18.1 Å². The molecule has 2 fully saturated rings. The van der Waals surface area contributed by atoms with Gasteiger partial charge < -0.3 is 23.7 Å². The molecule has 0 unspecified atom stereocenters. The maximum atomic E-state index is 13.5. The lowest BCUT2D eigenvalue weighted by molar-refractivity contribution is -0.163. The van der Waals surface area contributed by atoms with E-state index in [0.717, 1.165) is 5.57 Å². The van der Waals surface area contributed by atoms with Gasteiger partial charge in [0.05, 0.1) is 18.1 Å². The zero-order valence-electron chi connectivity index (χ0n) is 23.2. The highest BCUT2D eigenvalue weighted by molar-refractivity contribution is 6.74. The molecule has 0 spiro atoms. The Kier molecular flexibility index (Phi) is 8.53. The summed E-state index contributed by atoms with van der Waals surface area (Å²) < 4.78 is 17.0. The largest absolute Gasteiger partial charge is 0.457 e. The van der Waals surface area contributed by atoms with Crippen molar-refractivity contribution in [3.8, 4) is 0 Å². The SMILES string of the molecule is C=CCOC(=O)/N=C(\C)N1CC[C@H]2C(=C(C(=O)OCC=C)N3C(=O)[C@H]([C@@H](C)O[Si](C)(C)C(C)(C)C)[C@@H]23)C1. The molecule has 0 N–H and O–H groups in total. The van der Waals surface area contributed by atoms with E-state index in [9.17, 15) is 14.4 Å². The first-order valence-electron chi connectivity index (χ1n) is 12.8. The minimum absolute atomic E-state index is 0.0104. The second-order valence-electron chi connectivity index (χ2n) is 11.4. The fourth-order valence-electron chi connectivity index (χ4n) is 5.14. The van der Waals surface area contributed by atoms with Gasteiger partial charge in [0, 0.05) is 19.0 Å². The second kappa shape index (κ2) is 10.9. The Morgan fingerprint density at radius 1 is 1.19 bits per heavy atom. The van der Waals surface area contributed by atoms with Crippen LogP contribution in [-0.4, -0.2) is 80.4 Å². The number of piperidine rings is 1. The summed E-state index contributed by atoms with van der Waals surface area (Å²) >= 11 is 0. The van der Waals surface area contributed by atoms with E-state index >= 15 is 0 Å². The number of β-lactam (4-membered cyclic amide) rings is 1. The van der Waals surface area contributed by atoms with Gasteiger partial charge in [0.25, 0.3) is 0 Å². The summed E-state index contributed by atoms with van der Waals surface area (Å²) in [6.45, 7) is 22.9. The van der Waals surface area contributed by atoms with Gasteiger partial charge in [-0.3, -0.25) is 4.79 Å². The monoisotopic (exact) mass is 531 g/mol. The molecule has 3 rings (SSSR count). The number of fused-ring (bicyclic) bond motifs is 3. The molecule has 0 radical (unpaired) electrons. The van der Waals surface area contributed by atoms with E-state index < -0.39 is 20.4 Å². The summed E-state index contributed by atoms with van der Waals surface area (Å²) in [7, 11) is -2.10. The Bertz CT molecular complexity index is 1030. The number of nitrogens with zero attached hydrogens (tertiary/aromatic N) is 3. The standard InChI is InChI=1S/C27H41N3O6Si/c1-10-14-34-25(32)23-20-16-29(18(4)28-26(33)35-15-11-2)13-12-19(20)22-21(24(31)30(22)23)17(3)36-37(8,9)27(5,6)7/h10-11,17,19,21-22H,1-2,12-16H2,3-9H3/b28-18+/t17-,19+,21-,22-/m1/s1. The summed E-state index contributed by atoms with van der Waals surface area (Å²) in [5.41, 5.74) is 1.15. The van der Waals surface area contributed by atoms with Crippen molar-refractivity contribution in [2.45, 2.75) is 71.3 Å². The van der Waals surface area contributed by atoms with Gasteiger partial charge in [0.15, 0.2) is 8.32 Å². The van der Waals surface area contributed by atoms with Crippen molar-refractivity contribution in [3.05, 3.63) is 36.6 Å². The fourth-order valence-corrected chi connectivity index (χ4v) is 6.57. The van der Waals surface area contributed by atoms with Crippen molar-refractivity contribution in [2.75, 3.05) is 26.3 Å². The smallest absolute Gasteiger partial charge is 0.435 e. The van der Waals surface area contributed by atoms with Crippen LogP contribution in [0.3, 0.4) is 0 Å². The number of rotatable bonds is 8. The molecule has 0 aromatic rings. The fraction of sp³-hybridized carbons (Fsp3) is 0.630. The summed E-state index contributed by atoms with van der Waals surface area (Å²) in [5.74, 6) is -0.460. The van der Waals surface area contributed by atoms with E-state index in [0.29, 0.717) is 31.0 Å². The molecular weight excluding hydrogens is 490 g/mol. The Labute approximate surface area is 221 Å². The first-order valence-corrected chi connectivity index (χ1v) is 15.8. The molecule has 9 nitrogen and oxygen atoms in total. The second-order valence-corrected chi connectivity index (χ2v) is 16.2. The predicted octanol–water partition coefficient (Wildman–Crippen LogP) is 4.28. The predicted molar refractivity (Wildman–Crippen MR) is 144 cm³/mol. The van der Waals surface area contributed by atoms with Gasteiger partial charge in [0.2, 0.25) is 5.91 Å². The Morgan fingerprint density at radius 2 is 1.81 bits per heavy atom. The zero-order chi connectivity index (χ0) is 27.7. The number of amidine groups is 1. The minimum atomic E-state index is -2.10. The molecule has 204 valence electrons. The maximum Gasteiger partial charge on any atom is 0.435 e. The number of esters is 1. The zero-order valence-corrected chi connectivity index (χ0v) is 24.2. The van der Waals surface area contributed by atoms with Crippen LogP contribution in [0.25, 0.3) is 0 Å². The molecule has 0 bridgehead atoms. The number of ether oxygens (including phenoxy) is 2. The van der Waals surface area contributed by atoms with Crippen LogP contribution >= 0.6 is 0 Å². The average Bonchev–Trinajstić information content (AvgIpc) is 3.09. The summed E-state index contributed by atoms with van der Waals surface area (Å²) in [4.78, 5) is 46.2. The number of amides is 2. The van der Waals surface area contributed by atoms with E-state index in [1.807, 2.05) is 11.8 Å². The topological polar surface area (TPSA) is 97.7 Å². The van der Waals surface area contributed by atoms with Crippen molar-refractivity contribution < 1.29 is 28.3 Å². The van der Waals surface area contributed by atoms with Crippen molar-refractivity contribution in [1.82, 2.24) is 9.80 Å². The van der Waals surface area contributed by atoms with E-state index in [1.165, 1.54) is 12.2 Å². The molecule has 0 aromatic carbocycles. The average molecular weight is 532 g/mol. The number of hydrogen-bond donors (Lipinski definition) is 0. The van der Waals surface area contributed by atoms with Crippen LogP contribution in [0.15, 0.2) is 41.6 Å². The van der Waals surface area contributed by atoms with Crippen LogP contribution in [0.4, 0.5) is 4.79 Å². The van der Waals surface area contributed by atoms with Crippen LogP contribution in [-0.2, 0) is 23.5 Å². The third kappa shape index (κ3) is 5.60. The maximum absolute atomic E-state index is 13.5. The van der Waals surface area contributed by atoms with E-state index in [-0.39, 0.29) is 48.1 Å². The number of likely N-dealkylation sites (tertiary alicyclic amines) is 1. The summed E-state index contributed by atoms with van der Waals surface area (Å²) in [6.07, 6.45) is 2.73. The molecule has 3 aliphatic rings. The number of carbonyl (C=O) groups excluding carboxylic acids is 3. The van der Waals surface area contributed by atoms with Gasteiger partial charge >= 0.3 is 12.1 Å². The summed E-state index contributed by atoms with van der Waals surface area (Å²) in [5, 5.41) is 0.0154. The van der Waals surface area contributed by atoms with Gasteiger partial charge in [-0.1, -0.05) is 46.1 Å². The van der Waals surface area contributed by atoms with E-state index in [2.05, 4.69) is 52.0 Å². The quantitative estimate of drug-likeness (QED) is 0.115. The van der Waals surface area contributed by atoms with Crippen molar-refractivity contribution in [3.63, 3.8) is 0 Å².